The van der Waals surface area contributed by atoms with E-state index in [9.17, 15) is 0 Å². The molecule has 0 aliphatic carbocycles. The van der Waals surface area contributed by atoms with Crippen LogP contribution in [0.15, 0.2) is 25.3 Å². The zero-order valence-corrected chi connectivity index (χ0v) is 9.82. The van der Waals surface area contributed by atoms with Gasteiger partial charge in [-0.1, -0.05) is 0 Å². The Morgan fingerprint density at radius 1 is 1.12 bits per heavy atom. The Kier molecular flexibility index (Phi) is 15.6. The zero-order valence-electron chi connectivity index (χ0n) is 4.94. The predicted octanol–water partition coefficient (Wildman–Crippen LogP) is -1.10. The Labute approximate surface area is 73.2 Å². The minimum Gasteiger partial charge on any atom is -1.00 e. The van der Waals surface area contributed by atoms with Crippen molar-refractivity contribution in [2.45, 2.75) is 8.35 Å². The van der Waals surface area contributed by atoms with E-state index in [1.165, 1.54) is 8.35 Å². The van der Waals surface area contributed by atoms with Crippen molar-refractivity contribution >= 4 is 22.9 Å². The van der Waals surface area contributed by atoms with Gasteiger partial charge in [0.1, 0.15) is 0 Å². The molecule has 0 fully saturated rings. The molecule has 0 aliphatic heterocycles. The van der Waals surface area contributed by atoms with Gasteiger partial charge in [0.15, 0.2) is 0 Å². The maximum atomic E-state index is 3.65. The Hall–Kier alpha value is 0.830. The van der Waals surface area contributed by atoms with Gasteiger partial charge >= 0.3 is 56.6 Å². The predicted molar refractivity (Wildman–Crippen MR) is 35.8 cm³/mol. The van der Waals surface area contributed by atoms with Gasteiger partial charge in [-0.15, -0.1) is 0 Å². The van der Waals surface area contributed by atoms with Crippen LogP contribution in [0.4, 0.5) is 0 Å². The molecule has 0 heterocycles. The normalized spacial score (nSPS) is 6.00. The van der Waals surface area contributed by atoms with Gasteiger partial charge in [0.25, 0.3) is 0 Å². The van der Waals surface area contributed by atoms with E-state index in [0.29, 0.717) is 0 Å². The second kappa shape index (κ2) is 10.7. The molecule has 0 nitrogen and oxygen atoms in total. The third-order valence-electron chi connectivity index (χ3n) is 0.667. The summed E-state index contributed by atoms with van der Waals surface area (Å²) in [5, 5.41) is 0. The zero-order chi connectivity index (χ0) is 5.54. The Morgan fingerprint density at radius 3 is 1.75 bits per heavy atom. The molecule has 0 aliphatic rings. The van der Waals surface area contributed by atoms with Gasteiger partial charge in [-0.05, 0) is 0 Å². The van der Waals surface area contributed by atoms with Crippen molar-refractivity contribution in [3.8, 4) is 0 Å². The average Bonchev–Trinajstić information content (AvgIpc) is 1.69. The average molecular weight is 277 g/mol. The second-order valence-electron chi connectivity index (χ2n) is 1.34. The van der Waals surface area contributed by atoms with E-state index in [2.05, 4.69) is 13.2 Å². The van der Waals surface area contributed by atoms with Crippen LogP contribution < -0.4 is 17.0 Å². The molecular weight excluding hydrogens is 267 g/mol. The smallest absolute Gasteiger partial charge is 1.00 e. The number of rotatable bonds is 4. The first-order valence-corrected chi connectivity index (χ1v) is 7.11. The van der Waals surface area contributed by atoms with Gasteiger partial charge in [-0.2, -0.15) is 0 Å². The van der Waals surface area contributed by atoms with Crippen LogP contribution in [0.3, 0.4) is 0 Å². The Balaban J connectivity index is 0. The molecule has 0 N–H and O–H groups in total. The molecule has 0 unspecified atom stereocenters. The Morgan fingerprint density at radius 2 is 1.50 bits per heavy atom. The largest absolute Gasteiger partial charge is 1.00 e. The van der Waals surface area contributed by atoms with Crippen molar-refractivity contribution in [1.29, 1.82) is 0 Å². The van der Waals surface area contributed by atoms with E-state index >= 15 is 0 Å². The maximum absolute atomic E-state index is 3.65. The van der Waals surface area contributed by atoms with Crippen LogP contribution in [0.2, 0.25) is 8.35 Å². The molecule has 0 spiro atoms. The first-order chi connectivity index (χ1) is 3.41. The van der Waals surface area contributed by atoms with Crippen molar-refractivity contribution in [2.75, 3.05) is 0 Å². The van der Waals surface area contributed by atoms with E-state index < -0.39 is 0 Å². The molecule has 0 aromatic rings. The van der Waals surface area contributed by atoms with Crippen molar-refractivity contribution < 1.29 is 17.0 Å². The van der Waals surface area contributed by atoms with Crippen molar-refractivity contribution in [1.82, 2.24) is 0 Å². The van der Waals surface area contributed by atoms with Gasteiger partial charge in [0.2, 0.25) is 0 Å². The summed E-state index contributed by atoms with van der Waals surface area (Å²) in [4.78, 5) is 0. The molecular formula is C6H10BrIn. The van der Waals surface area contributed by atoms with Crippen LogP contribution in [0.1, 0.15) is 0 Å². The molecule has 0 bridgehead atoms. The summed E-state index contributed by atoms with van der Waals surface area (Å²) in [6.45, 7) is 7.29. The van der Waals surface area contributed by atoms with Crippen LogP contribution in [0.25, 0.3) is 0 Å². The summed E-state index contributed by atoms with van der Waals surface area (Å²) in [6.07, 6.45) is 4.04. The quantitative estimate of drug-likeness (QED) is 0.452. The van der Waals surface area contributed by atoms with E-state index in [1.54, 1.807) is 0 Å². The van der Waals surface area contributed by atoms with Crippen LogP contribution in [0, 0.1) is 0 Å². The van der Waals surface area contributed by atoms with Gasteiger partial charge in [0, 0.05) is 0 Å². The van der Waals surface area contributed by atoms with Gasteiger partial charge in [-0.3, -0.25) is 0 Å². The molecule has 0 aromatic carbocycles. The maximum Gasteiger partial charge on any atom is -1.00 e. The molecule has 0 rings (SSSR count). The molecule has 8 heavy (non-hydrogen) atoms. The van der Waals surface area contributed by atoms with E-state index in [0.717, 1.165) is 0 Å². The topological polar surface area (TPSA) is 0 Å². The number of allylic oxidation sites excluding steroid dienone is 2. The summed E-state index contributed by atoms with van der Waals surface area (Å²) in [5.41, 5.74) is 0. The van der Waals surface area contributed by atoms with E-state index in [-0.39, 0.29) is 39.9 Å². The fourth-order valence-corrected chi connectivity index (χ4v) is 2.23. The third-order valence-corrected chi connectivity index (χ3v) is 4.47. The fraction of sp³-hybridized carbons (Fsp3) is 0.333. The van der Waals surface area contributed by atoms with Crippen LogP contribution in [-0.4, -0.2) is 22.9 Å². The molecule has 0 radical (unpaired) electrons. The van der Waals surface area contributed by atoms with E-state index in [4.69, 9.17) is 0 Å². The number of hydrogen-bond acceptors (Lipinski definition) is 0. The summed E-state index contributed by atoms with van der Waals surface area (Å²) in [7, 11) is 0. The minimum atomic E-state index is -0.202. The molecule has 2 heteroatoms. The minimum absolute atomic E-state index is 0. The van der Waals surface area contributed by atoms with Gasteiger partial charge in [0.05, 0.1) is 0 Å². The first-order valence-electron chi connectivity index (χ1n) is 2.45. The van der Waals surface area contributed by atoms with Gasteiger partial charge < -0.3 is 17.0 Å². The number of halogens is 1. The van der Waals surface area contributed by atoms with Crippen molar-refractivity contribution in [2.24, 2.45) is 0 Å². The Bertz CT molecular complexity index is 53.5. The SMILES string of the molecule is C=C[CH2][In+][CH2]C=C.[Br-]. The standard InChI is InChI=1S/2C3H5.BrH.In/c2*1-3-2;;/h2*3H,1-2H2;1H;/q;;;+1/p-1. The number of hydrogen-bond donors (Lipinski definition) is 0. The van der Waals surface area contributed by atoms with Crippen LogP contribution in [0.5, 0.6) is 0 Å². The summed E-state index contributed by atoms with van der Waals surface area (Å²) in [5.74, 6) is 0. The molecule has 0 aromatic heterocycles. The van der Waals surface area contributed by atoms with Crippen LogP contribution >= 0.6 is 0 Å². The van der Waals surface area contributed by atoms with Crippen LogP contribution in [-0.2, 0) is 0 Å². The molecule has 44 valence electrons. The molecule has 0 saturated heterocycles. The van der Waals surface area contributed by atoms with Crippen molar-refractivity contribution in [3.05, 3.63) is 25.3 Å². The van der Waals surface area contributed by atoms with Crippen molar-refractivity contribution in [3.63, 3.8) is 0 Å². The molecule has 0 amide bonds. The van der Waals surface area contributed by atoms with Gasteiger partial charge in [-0.25, -0.2) is 0 Å². The third kappa shape index (κ3) is 9.95. The summed E-state index contributed by atoms with van der Waals surface area (Å²) >= 11 is -0.202. The van der Waals surface area contributed by atoms with E-state index in [1.807, 2.05) is 12.2 Å². The second-order valence-corrected chi connectivity index (χ2v) is 5.68. The molecule has 0 saturated carbocycles. The summed E-state index contributed by atoms with van der Waals surface area (Å²) < 4.78 is 2.61. The fourth-order valence-electron chi connectivity index (χ4n) is 0.332. The summed E-state index contributed by atoms with van der Waals surface area (Å²) in [6, 6.07) is 0. The molecule has 0 atom stereocenters. The monoisotopic (exact) mass is 276 g/mol. The first kappa shape index (κ1) is 11.6.